The molecular formula is C14H22ClN5O. The Kier molecular flexibility index (Phi) is 5.00. The van der Waals surface area contributed by atoms with E-state index in [1.54, 1.807) is 0 Å². The molecule has 0 amide bonds. The molecule has 6 nitrogen and oxygen atoms in total. The van der Waals surface area contributed by atoms with Gasteiger partial charge in [0.05, 0.1) is 5.56 Å². The van der Waals surface area contributed by atoms with Crippen molar-refractivity contribution in [2.75, 3.05) is 23.8 Å². The molecule has 1 aromatic heterocycles. The van der Waals surface area contributed by atoms with Gasteiger partial charge in [0.1, 0.15) is 11.6 Å². The van der Waals surface area contributed by atoms with Crippen molar-refractivity contribution in [1.29, 1.82) is 5.41 Å². The van der Waals surface area contributed by atoms with Crippen molar-refractivity contribution >= 4 is 29.5 Å². The molecule has 0 spiro atoms. The van der Waals surface area contributed by atoms with E-state index in [-0.39, 0.29) is 16.9 Å². The van der Waals surface area contributed by atoms with Gasteiger partial charge in [-0.15, -0.1) is 0 Å². The summed E-state index contributed by atoms with van der Waals surface area (Å²) in [6.45, 7) is 7.57. The number of rotatable bonds is 4. The van der Waals surface area contributed by atoms with Crippen LogP contribution in [-0.4, -0.2) is 41.0 Å². The van der Waals surface area contributed by atoms with E-state index < -0.39 is 0 Å². The molecule has 0 atom stereocenters. The molecule has 7 heteroatoms. The molecule has 21 heavy (non-hydrogen) atoms. The molecule has 1 aliphatic heterocycles. The van der Waals surface area contributed by atoms with Crippen molar-refractivity contribution in [2.45, 2.75) is 45.2 Å². The van der Waals surface area contributed by atoms with Gasteiger partial charge in [0.2, 0.25) is 5.28 Å². The Morgan fingerprint density at radius 3 is 2.43 bits per heavy atom. The Hall–Kier alpha value is -1.40. The highest BCUT2D eigenvalue weighted by atomic mass is 35.5. The molecule has 1 aromatic rings. The summed E-state index contributed by atoms with van der Waals surface area (Å²) in [5.74, 6) is 1.18. The van der Waals surface area contributed by atoms with Crippen molar-refractivity contribution < 1.29 is 4.74 Å². The van der Waals surface area contributed by atoms with Crippen LogP contribution in [0.3, 0.4) is 0 Å². The molecule has 0 aromatic carbocycles. The van der Waals surface area contributed by atoms with Gasteiger partial charge in [-0.05, 0) is 45.2 Å². The third kappa shape index (κ3) is 4.54. The number of hydrogen-bond donors (Lipinski definition) is 3. The number of nitrogens with one attached hydrogen (secondary N) is 3. The third-order valence-electron chi connectivity index (χ3n) is 3.12. The SMILES string of the molecule is CC(C)(C)Nc1nc(Cl)nc(NC2CCOCC2)c1C=N. The largest absolute Gasteiger partial charge is 0.381 e. The number of ether oxygens (including phenoxy) is 1. The first-order valence-electron chi connectivity index (χ1n) is 7.09. The van der Waals surface area contributed by atoms with Gasteiger partial charge >= 0.3 is 0 Å². The minimum Gasteiger partial charge on any atom is -0.381 e. The van der Waals surface area contributed by atoms with Gasteiger partial charge in [0.25, 0.3) is 0 Å². The fourth-order valence-electron chi connectivity index (χ4n) is 2.17. The van der Waals surface area contributed by atoms with E-state index in [0.29, 0.717) is 17.2 Å². The Labute approximate surface area is 130 Å². The number of halogens is 1. The summed E-state index contributed by atoms with van der Waals surface area (Å²) in [5, 5.41) is 14.5. The molecular weight excluding hydrogens is 290 g/mol. The summed E-state index contributed by atoms with van der Waals surface area (Å²) in [6.07, 6.45) is 3.09. The monoisotopic (exact) mass is 311 g/mol. The number of hydrogen-bond acceptors (Lipinski definition) is 6. The highest BCUT2D eigenvalue weighted by molar-refractivity contribution is 6.28. The van der Waals surface area contributed by atoms with E-state index in [1.807, 2.05) is 20.8 Å². The second kappa shape index (κ2) is 6.58. The normalized spacial score (nSPS) is 16.6. The number of anilines is 2. The Morgan fingerprint density at radius 1 is 1.24 bits per heavy atom. The predicted octanol–water partition coefficient (Wildman–Crippen LogP) is 2.93. The summed E-state index contributed by atoms with van der Waals surface area (Å²) in [6, 6.07) is 0.283. The van der Waals surface area contributed by atoms with E-state index in [1.165, 1.54) is 6.21 Å². The zero-order valence-corrected chi connectivity index (χ0v) is 13.4. The second-order valence-corrected chi connectivity index (χ2v) is 6.49. The molecule has 2 heterocycles. The molecule has 116 valence electrons. The van der Waals surface area contributed by atoms with Crippen molar-refractivity contribution in [1.82, 2.24) is 9.97 Å². The van der Waals surface area contributed by atoms with E-state index in [9.17, 15) is 0 Å². The maximum Gasteiger partial charge on any atom is 0.226 e. The van der Waals surface area contributed by atoms with Crippen LogP contribution in [0.15, 0.2) is 0 Å². The standard InChI is InChI=1S/C14H22ClN5O/c1-14(2,3)20-12-10(8-16)11(18-13(15)19-12)17-9-4-6-21-7-5-9/h8-9,16H,4-7H2,1-3H3,(H2,17,18,19,20). The van der Waals surface area contributed by atoms with Crippen LogP contribution < -0.4 is 10.6 Å². The molecule has 3 N–H and O–H groups in total. The van der Waals surface area contributed by atoms with Crippen molar-refractivity contribution in [3.8, 4) is 0 Å². The molecule has 2 rings (SSSR count). The van der Waals surface area contributed by atoms with Crippen LogP contribution in [0.1, 0.15) is 39.2 Å². The third-order valence-corrected chi connectivity index (χ3v) is 3.29. The van der Waals surface area contributed by atoms with Crippen molar-refractivity contribution in [3.63, 3.8) is 0 Å². The fourth-order valence-corrected chi connectivity index (χ4v) is 2.34. The summed E-state index contributed by atoms with van der Waals surface area (Å²) in [5.41, 5.74) is 0.451. The predicted molar refractivity (Wildman–Crippen MR) is 85.8 cm³/mol. The lowest BCUT2D eigenvalue weighted by Gasteiger charge is -2.26. The van der Waals surface area contributed by atoms with Crippen LogP contribution in [0.5, 0.6) is 0 Å². The maximum absolute atomic E-state index is 7.67. The maximum atomic E-state index is 7.67. The molecule has 0 radical (unpaired) electrons. The minimum atomic E-state index is -0.175. The molecule has 1 saturated heterocycles. The fraction of sp³-hybridized carbons (Fsp3) is 0.643. The van der Waals surface area contributed by atoms with Crippen molar-refractivity contribution in [2.24, 2.45) is 0 Å². The van der Waals surface area contributed by atoms with E-state index in [2.05, 4.69) is 20.6 Å². The number of aromatic nitrogens is 2. The van der Waals surface area contributed by atoms with Gasteiger partial charge in [-0.25, -0.2) is 0 Å². The summed E-state index contributed by atoms with van der Waals surface area (Å²) < 4.78 is 5.35. The average Bonchev–Trinajstić information content (AvgIpc) is 2.37. The first-order chi connectivity index (χ1) is 9.89. The van der Waals surface area contributed by atoms with Gasteiger partial charge in [-0.3, -0.25) is 0 Å². The first kappa shape index (κ1) is 16.0. The van der Waals surface area contributed by atoms with Gasteiger partial charge in [0, 0.05) is 31.0 Å². The van der Waals surface area contributed by atoms with E-state index in [4.69, 9.17) is 21.7 Å². The molecule has 0 saturated carbocycles. The smallest absolute Gasteiger partial charge is 0.226 e. The van der Waals surface area contributed by atoms with Crippen LogP contribution in [0, 0.1) is 5.41 Å². The lowest BCUT2D eigenvalue weighted by molar-refractivity contribution is 0.0904. The van der Waals surface area contributed by atoms with E-state index >= 15 is 0 Å². The number of nitrogens with zero attached hydrogens (tertiary/aromatic N) is 2. The highest BCUT2D eigenvalue weighted by Gasteiger charge is 2.20. The van der Waals surface area contributed by atoms with Crippen LogP contribution in [0.2, 0.25) is 5.28 Å². The molecule has 1 aliphatic rings. The van der Waals surface area contributed by atoms with Crippen molar-refractivity contribution in [3.05, 3.63) is 10.8 Å². The molecule has 0 unspecified atom stereocenters. The second-order valence-electron chi connectivity index (χ2n) is 6.15. The Morgan fingerprint density at radius 2 is 1.86 bits per heavy atom. The topological polar surface area (TPSA) is 82.9 Å². The molecule has 0 bridgehead atoms. The van der Waals surface area contributed by atoms with Crippen LogP contribution >= 0.6 is 11.6 Å². The summed E-state index contributed by atoms with van der Waals surface area (Å²) in [7, 11) is 0. The molecule has 1 fully saturated rings. The summed E-state index contributed by atoms with van der Waals surface area (Å²) in [4.78, 5) is 8.45. The van der Waals surface area contributed by atoms with Gasteiger partial charge < -0.3 is 20.8 Å². The highest BCUT2D eigenvalue weighted by Crippen LogP contribution is 2.25. The minimum absolute atomic E-state index is 0.168. The Bertz CT molecular complexity index is 509. The lowest BCUT2D eigenvalue weighted by Crippen LogP contribution is -2.30. The Balaban J connectivity index is 2.28. The molecule has 0 aliphatic carbocycles. The van der Waals surface area contributed by atoms with Crippen LogP contribution in [0.4, 0.5) is 11.6 Å². The lowest BCUT2D eigenvalue weighted by atomic mass is 10.1. The van der Waals surface area contributed by atoms with Gasteiger partial charge in [-0.2, -0.15) is 9.97 Å². The zero-order chi connectivity index (χ0) is 15.5. The van der Waals surface area contributed by atoms with Crippen LogP contribution in [0.25, 0.3) is 0 Å². The average molecular weight is 312 g/mol. The first-order valence-corrected chi connectivity index (χ1v) is 7.47. The van der Waals surface area contributed by atoms with Gasteiger partial charge in [-0.1, -0.05) is 0 Å². The van der Waals surface area contributed by atoms with Crippen LogP contribution in [-0.2, 0) is 4.74 Å². The van der Waals surface area contributed by atoms with E-state index in [0.717, 1.165) is 26.1 Å². The summed E-state index contributed by atoms with van der Waals surface area (Å²) >= 11 is 6.02. The zero-order valence-electron chi connectivity index (χ0n) is 12.7. The van der Waals surface area contributed by atoms with Gasteiger partial charge in [0.15, 0.2) is 0 Å². The quantitative estimate of drug-likeness (QED) is 0.588.